The molecule has 1 fully saturated rings. The highest BCUT2D eigenvalue weighted by Crippen LogP contribution is 2.40. The van der Waals surface area contributed by atoms with Gasteiger partial charge < -0.3 is 14.8 Å². The molecular formula is C12H14ClNO2. The van der Waals surface area contributed by atoms with Gasteiger partial charge in [0.25, 0.3) is 0 Å². The van der Waals surface area contributed by atoms with Gasteiger partial charge in [-0.25, -0.2) is 0 Å². The molecule has 1 saturated heterocycles. The number of fused-ring (bicyclic) bond motifs is 1. The zero-order valence-corrected chi connectivity index (χ0v) is 9.72. The molecule has 0 aliphatic carbocycles. The highest BCUT2D eigenvalue weighted by molar-refractivity contribution is 6.31. The smallest absolute Gasteiger partial charge is 0.231 e. The molecular weight excluding hydrogens is 226 g/mol. The molecule has 0 radical (unpaired) electrons. The molecule has 3 rings (SSSR count). The second kappa shape index (κ2) is 4.15. The first-order valence-corrected chi connectivity index (χ1v) is 6.00. The maximum Gasteiger partial charge on any atom is 0.231 e. The Labute approximate surface area is 99.7 Å². The average molecular weight is 240 g/mol. The minimum Gasteiger partial charge on any atom is -0.454 e. The van der Waals surface area contributed by atoms with Crippen LogP contribution in [0.15, 0.2) is 12.1 Å². The van der Waals surface area contributed by atoms with Gasteiger partial charge in [-0.15, -0.1) is 0 Å². The summed E-state index contributed by atoms with van der Waals surface area (Å²) in [6, 6.07) is 3.77. The number of hydrogen-bond donors (Lipinski definition) is 1. The molecule has 86 valence electrons. The fourth-order valence-corrected chi connectivity index (χ4v) is 2.60. The largest absolute Gasteiger partial charge is 0.454 e. The minimum absolute atomic E-state index is 0.311. The van der Waals surface area contributed by atoms with Crippen LogP contribution in [0.25, 0.3) is 0 Å². The summed E-state index contributed by atoms with van der Waals surface area (Å²) in [6.07, 6.45) is 2.18. The van der Waals surface area contributed by atoms with Gasteiger partial charge in [-0.2, -0.15) is 0 Å². The topological polar surface area (TPSA) is 30.5 Å². The van der Waals surface area contributed by atoms with Gasteiger partial charge in [-0.1, -0.05) is 11.6 Å². The molecule has 3 nitrogen and oxygen atoms in total. The third-order valence-electron chi connectivity index (χ3n) is 3.24. The summed E-state index contributed by atoms with van der Waals surface area (Å²) in [5.74, 6) is 2.33. The molecule has 1 aromatic carbocycles. The van der Waals surface area contributed by atoms with E-state index in [1.165, 1.54) is 6.42 Å². The summed E-state index contributed by atoms with van der Waals surface area (Å²) in [7, 11) is 0. The predicted octanol–water partition coefficient (Wildman–Crippen LogP) is 2.22. The molecule has 0 aromatic heterocycles. The predicted molar refractivity (Wildman–Crippen MR) is 62.3 cm³/mol. The van der Waals surface area contributed by atoms with Crippen LogP contribution in [0.1, 0.15) is 12.0 Å². The molecule has 0 amide bonds. The van der Waals surface area contributed by atoms with E-state index in [9.17, 15) is 0 Å². The van der Waals surface area contributed by atoms with Crippen LogP contribution < -0.4 is 14.8 Å². The molecule has 16 heavy (non-hydrogen) atoms. The average Bonchev–Trinajstić information content (AvgIpc) is 2.92. The molecule has 0 bridgehead atoms. The van der Waals surface area contributed by atoms with E-state index in [4.69, 9.17) is 21.1 Å². The Kier molecular flexibility index (Phi) is 2.65. The Morgan fingerprint density at radius 2 is 2.31 bits per heavy atom. The summed E-state index contributed by atoms with van der Waals surface area (Å²) in [5, 5.41) is 4.15. The molecule has 4 heteroatoms. The number of rotatable bonds is 2. The first-order chi connectivity index (χ1) is 7.84. The second-order valence-electron chi connectivity index (χ2n) is 4.32. The van der Waals surface area contributed by atoms with Crippen molar-refractivity contribution in [3.63, 3.8) is 0 Å². The summed E-state index contributed by atoms with van der Waals surface area (Å²) in [6.45, 7) is 2.49. The van der Waals surface area contributed by atoms with E-state index in [0.717, 1.165) is 41.6 Å². The van der Waals surface area contributed by atoms with Crippen molar-refractivity contribution < 1.29 is 9.47 Å². The Morgan fingerprint density at radius 3 is 3.12 bits per heavy atom. The zero-order valence-electron chi connectivity index (χ0n) is 8.96. The van der Waals surface area contributed by atoms with Crippen molar-refractivity contribution in [2.24, 2.45) is 5.92 Å². The Bertz CT molecular complexity index is 402. The van der Waals surface area contributed by atoms with Crippen molar-refractivity contribution in [1.82, 2.24) is 5.32 Å². The molecule has 2 aliphatic heterocycles. The minimum atomic E-state index is 0.311. The second-order valence-corrected chi connectivity index (χ2v) is 4.73. The fraction of sp³-hybridized carbons (Fsp3) is 0.500. The molecule has 0 saturated carbocycles. The Hall–Kier alpha value is -0.930. The summed E-state index contributed by atoms with van der Waals surface area (Å²) >= 11 is 6.23. The van der Waals surface area contributed by atoms with Gasteiger partial charge in [0.05, 0.1) is 0 Å². The Balaban J connectivity index is 1.90. The lowest BCUT2D eigenvalue weighted by Gasteiger charge is -2.12. The summed E-state index contributed by atoms with van der Waals surface area (Å²) in [5.41, 5.74) is 1.10. The van der Waals surface area contributed by atoms with Crippen molar-refractivity contribution in [2.75, 3.05) is 19.9 Å². The lowest BCUT2D eigenvalue weighted by Crippen LogP contribution is -2.11. The van der Waals surface area contributed by atoms with Crippen LogP contribution in [0.4, 0.5) is 0 Å². The summed E-state index contributed by atoms with van der Waals surface area (Å²) < 4.78 is 10.9. The number of halogens is 1. The normalized spacial score (nSPS) is 22.7. The first kappa shape index (κ1) is 10.2. The van der Waals surface area contributed by atoms with Gasteiger partial charge in [0, 0.05) is 10.6 Å². The van der Waals surface area contributed by atoms with Gasteiger partial charge >= 0.3 is 0 Å². The number of nitrogens with one attached hydrogen (secondary N) is 1. The van der Waals surface area contributed by atoms with Gasteiger partial charge in [0.2, 0.25) is 6.79 Å². The molecule has 1 unspecified atom stereocenters. The van der Waals surface area contributed by atoms with E-state index in [-0.39, 0.29) is 0 Å². The van der Waals surface area contributed by atoms with Gasteiger partial charge in [0.1, 0.15) is 0 Å². The first-order valence-electron chi connectivity index (χ1n) is 5.62. The molecule has 1 aromatic rings. The monoisotopic (exact) mass is 239 g/mol. The van der Waals surface area contributed by atoms with Crippen molar-refractivity contribution in [1.29, 1.82) is 0 Å². The van der Waals surface area contributed by atoms with E-state index in [0.29, 0.717) is 12.7 Å². The number of ether oxygens (including phenoxy) is 2. The van der Waals surface area contributed by atoms with E-state index < -0.39 is 0 Å². The molecule has 1 atom stereocenters. The third-order valence-corrected chi connectivity index (χ3v) is 3.59. The summed E-state index contributed by atoms with van der Waals surface area (Å²) in [4.78, 5) is 0. The van der Waals surface area contributed by atoms with Gasteiger partial charge in [-0.05, 0) is 44.0 Å². The lowest BCUT2D eigenvalue weighted by atomic mass is 9.97. The van der Waals surface area contributed by atoms with E-state index in [2.05, 4.69) is 5.32 Å². The maximum atomic E-state index is 6.23. The molecule has 1 N–H and O–H groups in total. The zero-order chi connectivity index (χ0) is 11.0. The van der Waals surface area contributed by atoms with Gasteiger partial charge in [-0.3, -0.25) is 0 Å². The van der Waals surface area contributed by atoms with E-state index in [1.54, 1.807) is 0 Å². The lowest BCUT2D eigenvalue weighted by molar-refractivity contribution is 0.173. The fourth-order valence-electron chi connectivity index (χ4n) is 2.37. The molecule has 2 heterocycles. The maximum absolute atomic E-state index is 6.23. The highest BCUT2D eigenvalue weighted by Gasteiger charge is 2.24. The van der Waals surface area contributed by atoms with Crippen molar-refractivity contribution in [3.8, 4) is 11.5 Å². The van der Waals surface area contributed by atoms with Crippen molar-refractivity contribution in [2.45, 2.75) is 12.8 Å². The van der Waals surface area contributed by atoms with Crippen LogP contribution in [0.2, 0.25) is 5.02 Å². The third kappa shape index (κ3) is 1.74. The van der Waals surface area contributed by atoms with Crippen LogP contribution in [0.5, 0.6) is 11.5 Å². The molecule has 0 spiro atoms. The highest BCUT2D eigenvalue weighted by atomic mass is 35.5. The van der Waals surface area contributed by atoms with Gasteiger partial charge in [0.15, 0.2) is 11.5 Å². The number of benzene rings is 1. The van der Waals surface area contributed by atoms with Crippen LogP contribution >= 0.6 is 11.6 Å². The van der Waals surface area contributed by atoms with E-state index >= 15 is 0 Å². The quantitative estimate of drug-likeness (QED) is 0.859. The van der Waals surface area contributed by atoms with E-state index in [1.807, 2.05) is 12.1 Å². The number of hydrogen-bond acceptors (Lipinski definition) is 3. The van der Waals surface area contributed by atoms with Crippen molar-refractivity contribution >= 4 is 11.6 Å². The van der Waals surface area contributed by atoms with Crippen LogP contribution in [0, 0.1) is 5.92 Å². The van der Waals surface area contributed by atoms with Crippen molar-refractivity contribution in [3.05, 3.63) is 22.7 Å². The standard InChI is InChI=1S/C12H14ClNO2/c13-10-1-2-11-12(16-7-15-11)9(10)5-8-3-4-14-6-8/h1-2,8,14H,3-7H2. The molecule has 2 aliphatic rings. The SMILES string of the molecule is Clc1ccc2c(c1CC1CCNC1)OCO2. The van der Waals surface area contributed by atoms with Crippen LogP contribution in [0.3, 0.4) is 0 Å². The Morgan fingerprint density at radius 1 is 1.38 bits per heavy atom. The van der Waals surface area contributed by atoms with Crippen LogP contribution in [-0.4, -0.2) is 19.9 Å². The van der Waals surface area contributed by atoms with Crippen LogP contribution in [-0.2, 0) is 6.42 Å².